The average Bonchev–Trinajstić information content (AvgIpc) is 2.27. The first-order chi connectivity index (χ1) is 8.02. The van der Waals surface area contributed by atoms with Gasteiger partial charge in [0.05, 0.1) is 6.61 Å². The first kappa shape index (κ1) is 16.4. The van der Waals surface area contributed by atoms with Crippen molar-refractivity contribution in [2.75, 3.05) is 6.61 Å². The van der Waals surface area contributed by atoms with Crippen molar-refractivity contribution in [1.82, 2.24) is 0 Å². The van der Waals surface area contributed by atoms with E-state index in [9.17, 15) is 4.79 Å². The van der Waals surface area contributed by atoms with Crippen LogP contribution in [-0.2, 0) is 14.3 Å². The van der Waals surface area contributed by atoms with Gasteiger partial charge in [0.2, 0.25) is 5.79 Å². The summed E-state index contributed by atoms with van der Waals surface area (Å²) >= 11 is 0. The lowest BCUT2D eigenvalue weighted by Gasteiger charge is -2.37. The minimum atomic E-state index is -0.718. The topological polar surface area (TPSA) is 35.5 Å². The normalized spacial score (nSPS) is 16.3. The summed E-state index contributed by atoms with van der Waals surface area (Å²) in [6.07, 6.45) is 4.75. The van der Waals surface area contributed by atoms with Crippen molar-refractivity contribution in [3.8, 4) is 0 Å². The molecule has 2 atom stereocenters. The van der Waals surface area contributed by atoms with Crippen LogP contribution in [0.25, 0.3) is 0 Å². The molecule has 0 aliphatic carbocycles. The number of unbranched alkanes of at least 4 members (excludes halogenated alkanes) is 1. The molecule has 0 spiro atoms. The van der Waals surface area contributed by atoms with Gasteiger partial charge in [0.25, 0.3) is 0 Å². The highest BCUT2D eigenvalue weighted by Gasteiger charge is 2.38. The van der Waals surface area contributed by atoms with E-state index in [-0.39, 0.29) is 11.9 Å². The minimum Gasteiger partial charge on any atom is -0.433 e. The van der Waals surface area contributed by atoms with Crippen LogP contribution in [0.4, 0.5) is 0 Å². The minimum absolute atomic E-state index is 0.225. The zero-order valence-corrected chi connectivity index (χ0v) is 12.0. The summed E-state index contributed by atoms with van der Waals surface area (Å²) in [6, 6.07) is 0. The second-order valence-corrected chi connectivity index (χ2v) is 4.67. The number of ether oxygens (including phenoxy) is 2. The third kappa shape index (κ3) is 5.53. The molecule has 3 nitrogen and oxygen atoms in total. The van der Waals surface area contributed by atoms with E-state index in [0.29, 0.717) is 6.61 Å². The number of hydrogen-bond donors (Lipinski definition) is 0. The molecule has 0 aromatic heterocycles. The molecular weight excluding hydrogens is 216 g/mol. The lowest BCUT2D eigenvalue weighted by atomic mass is 9.93. The average molecular weight is 244 g/mol. The molecule has 0 saturated carbocycles. The van der Waals surface area contributed by atoms with Crippen LogP contribution < -0.4 is 0 Å². The van der Waals surface area contributed by atoms with Crippen molar-refractivity contribution < 1.29 is 14.3 Å². The van der Waals surface area contributed by atoms with Gasteiger partial charge in [-0.15, -0.1) is 0 Å². The molecule has 0 radical (unpaired) electrons. The fraction of sp³-hybridized carbons (Fsp3) is 0.929. The van der Waals surface area contributed by atoms with Gasteiger partial charge in [-0.2, -0.15) is 0 Å². The van der Waals surface area contributed by atoms with E-state index in [0.717, 1.165) is 32.1 Å². The van der Waals surface area contributed by atoms with E-state index in [2.05, 4.69) is 27.7 Å². The van der Waals surface area contributed by atoms with Crippen molar-refractivity contribution in [3.05, 3.63) is 0 Å². The maximum atomic E-state index is 11.3. The molecule has 0 amide bonds. The van der Waals surface area contributed by atoms with Crippen LogP contribution >= 0.6 is 0 Å². The highest BCUT2D eigenvalue weighted by Crippen LogP contribution is 2.32. The monoisotopic (exact) mass is 244 g/mol. The Bertz CT molecular complexity index is 216. The first-order valence-electron chi connectivity index (χ1n) is 6.85. The van der Waals surface area contributed by atoms with Crippen molar-refractivity contribution >= 4 is 5.97 Å². The van der Waals surface area contributed by atoms with Crippen LogP contribution in [-0.4, -0.2) is 18.4 Å². The van der Waals surface area contributed by atoms with Crippen LogP contribution in [0.1, 0.15) is 66.7 Å². The van der Waals surface area contributed by atoms with Crippen LogP contribution in [0.5, 0.6) is 0 Å². The van der Waals surface area contributed by atoms with Gasteiger partial charge in [0, 0.05) is 19.3 Å². The van der Waals surface area contributed by atoms with E-state index < -0.39 is 5.79 Å². The Balaban J connectivity index is 4.74. The SMILES string of the molecule is CCCCOC(CCC)(OC(C)=O)C(C)CC. The third-order valence-electron chi connectivity index (χ3n) is 3.12. The molecule has 0 saturated heterocycles. The number of carbonyl (C=O) groups is 1. The molecule has 2 unspecified atom stereocenters. The summed E-state index contributed by atoms with van der Waals surface area (Å²) in [6.45, 7) is 10.5. The Kier molecular flexibility index (Phi) is 8.23. The van der Waals surface area contributed by atoms with Gasteiger partial charge >= 0.3 is 5.97 Å². The highest BCUT2D eigenvalue weighted by atomic mass is 16.7. The molecule has 0 fully saturated rings. The summed E-state index contributed by atoms with van der Waals surface area (Å²) in [5.41, 5.74) is 0. The molecule has 0 N–H and O–H groups in total. The Morgan fingerprint density at radius 1 is 1.24 bits per heavy atom. The van der Waals surface area contributed by atoms with Gasteiger partial charge in [-0.05, 0) is 19.3 Å². The maximum absolute atomic E-state index is 11.3. The van der Waals surface area contributed by atoms with Crippen molar-refractivity contribution in [1.29, 1.82) is 0 Å². The van der Waals surface area contributed by atoms with E-state index in [1.54, 1.807) is 0 Å². The molecule has 0 aromatic rings. The molecule has 17 heavy (non-hydrogen) atoms. The summed E-state index contributed by atoms with van der Waals surface area (Å²) in [4.78, 5) is 11.3. The molecule has 0 aliphatic heterocycles. The van der Waals surface area contributed by atoms with E-state index >= 15 is 0 Å². The standard InChI is InChI=1S/C14H28O3/c1-6-9-11-16-14(10-7-2,12(4)8-3)17-13(5)15/h12H,6-11H2,1-5H3. The summed E-state index contributed by atoms with van der Waals surface area (Å²) in [7, 11) is 0. The highest BCUT2D eigenvalue weighted by molar-refractivity contribution is 5.66. The van der Waals surface area contributed by atoms with Gasteiger partial charge in [0.1, 0.15) is 0 Å². The van der Waals surface area contributed by atoms with Crippen LogP contribution in [0.3, 0.4) is 0 Å². The zero-order valence-electron chi connectivity index (χ0n) is 12.0. The fourth-order valence-electron chi connectivity index (χ4n) is 1.93. The van der Waals surface area contributed by atoms with Crippen LogP contribution in [0.15, 0.2) is 0 Å². The van der Waals surface area contributed by atoms with Gasteiger partial charge in [0.15, 0.2) is 0 Å². The second kappa shape index (κ2) is 8.51. The van der Waals surface area contributed by atoms with Gasteiger partial charge < -0.3 is 9.47 Å². The Hall–Kier alpha value is -0.570. The zero-order chi connectivity index (χ0) is 13.3. The van der Waals surface area contributed by atoms with Crippen LogP contribution in [0, 0.1) is 5.92 Å². The Morgan fingerprint density at radius 3 is 2.29 bits per heavy atom. The van der Waals surface area contributed by atoms with E-state index in [1.807, 2.05) is 0 Å². The van der Waals surface area contributed by atoms with Gasteiger partial charge in [-0.3, -0.25) is 4.79 Å². The van der Waals surface area contributed by atoms with Gasteiger partial charge in [-0.25, -0.2) is 0 Å². The molecule has 0 aliphatic rings. The Labute approximate surface area is 106 Å². The molecule has 0 rings (SSSR count). The third-order valence-corrected chi connectivity index (χ3v) is 3.12. The maximum Gasteiger partial charge on any atom is 0.305 e. The van der Waals surface area contributed by atoms with Crippen molar-refractivity contribution in [3.63, 3.8) is 0 Å². The van der Waals surface area contributed by atoms with E-state index in [1.165, 1.54) is 6.92 Å². The number of rotatable bonds is 9. The van der Waals surface area contributed by atoms with E-state index in [4.69, 9.17) is 9.47 Å². The molecular formula is C14H28O3. The number of hydrogen-bond acceptors (Lipinski definition) is 3. The molecule has 0 heterocycles. The molecule has 0 aromatic carbocycles. The summed E-state index contributed by atoms with van der Waals surface area (Å²) in [5, 5.41) is 0. The largest absolute Gasteiger partial charge is 0.433 e. The fourth-order valence-corrected chi connectivity index (χ4v) is 1.93. The first-order valence-corrected chi connectivity index (χ1v) is 6.85. The molecule has 102 valence electrons. The quantitative estimate of drug-likeness (QED) is 0.350. The number of esters is 1. The number of carbonyl (C=O) groups excluding carboxylic acids is 1. The van der Waals surface area contributed by atoms with Gasteiger partial charge in [-0.1, -0.05) is 34.1 Å². The van der Waals surface area contributed by atoms with Crippen LogP contribution in [0.2, 0.25) is 0 Å². The Morgan fingerprint density at radius 2 is 1.88 bits per heavy atom. The second-order valence-electron chi connectivity index (χ2n) is 4.67. The lowest BCUT2D eigenvalue weighted by Crippen LogP contribution is -2.44. The molecule has 3 heteroatoms. The summed E-state index contributed by atoms with van der Waals surface area (Å²) in [5.74, 6) is -0.747. The predicted octanol–water partition coefficient (Wildman–Crippen LogP) is 3.91. The van der Waals surface area contributed by atoms with Crippen molar-refractivity contribution in [2.24, 2.45) is 5.92 Å². The lowest BCUT2D eigenvalue weighted by molar-refractivity contribution is -0.257. The molecule has 0 bridgehead atoms. The summed E-state index contributed by atoms with van der Waals surface area (Å²) < 4.78 is 11.4. The predicted molar refractivity (Wildman–Crippen MR) is 69.7 cm³/mol. The smallest absolute Gasteiger partial charge is 0.305 e. The van der Waals surface area contributed by atoms with Crippen molar-refractivity contribution in [2.45, 2.75) is 72.5 Å².